The minimum absolute atomic E-state index is 0.0299. The first-order chi connectivity index (χ1) is 10.2. The van der Waals surface area contributed by atoms with Gasteiger partial charge in [-0.05, 0) is 18.8 Å². The number of rotatable bonds is 6. The Morgan fingerprint density at radius 2 is 2.29 bits per heavy atom. The number of thioether (sulfide) groups is 1. The van der Waals surface area contributed by atoms with Gasteiger partial charge in [-0.15, -0.1) is 0 Å². The summed E-state index contributed by atoms with van der Waals surface area (Å²) in [6.45, 7) is 2.81. The number of aromatic nitrogens is 2. The van der Waals surface area contributed by atoms with Crippen molar-refractivity contribution in [1.82, 2.24) is 19.8 Å². The highest BCUT2D eigenvalue weighted by Crippen LogP contribution is 2.25. The average molecular weight is 312 g/mol. The van der Waals surface area contributed by atoms with Gasteiger partial charge in [0.25, 0.3) is 0 Å². The first-order valence-corrected chi connectivity index (χ1v) is 8.31. The van der Waals surface area contributed by atoms with Crippen molar-refractivity contribution >= 4 is 17.8 Å². The summed E-state index contributed by atoms with van der Waals surface area (Å²) in [4.78, 5) is 18.1. The Labute approximate surface area is 130 Å². The molecule has 2 amide bonds. The van der Waals surface area contributed by atoms with E-state index in [4.69, 9.17) is 4.74 Å². The lowest BCUT2D eigenvalue weighted by Crippen LogP contribution is -2.45. The van der Waals surface area contributed by atoms with E-state index in [1.807, 2.05) is 28.9 Å². The molecule has 0 aromatic carbocycles. The highest BCUT2D eigenvalue weighted by Gasteiger charge is 2.22. The summed E-state index contributed by atoms with van der Waals surface area (Å²) in [5.41, 5.74) is 0. The molecule has 2 heterocycles. The van der Waals surface area contributed by atoms with Gasteiger partial charge in [-0.2, -0.15) is 0 Å². The highest BCUT2D eigenvalue weighted by molar-refractivity contribution is 7.99. The molecule has 0 unspecified atom stereocenters. The number of methoxy groups -OCH3 is 1. The molecule has 21 heavy (non-hydrogen) atoms. The number of imidazole rings is 1. The second-order valence-corrected chi connectivity index (χ2v) is 6.27. The third-order valence-electron chi connectivity index (χ3n) is 3.71. The summed E-state index contributed by atoms with van der Waals surface area (Å²) in [5.74, 6) is 1.74. The summed E-state index contributed by atoms with van der Waals surface area (Å²) in [5, 5.41) is 3.94. The SMILES string of the molecule is COCCNC(=O)N1CCC(CSc2nccn2C)CC1. The number of ether oxygens (including phenoxy) is 1. The molecule has 7 heteroatoms. The van der Waals surface area contributed by atoms with Crippen molar-refractivity contribution in [3.8, 4) is 0 Å². The van der Waals surface area contributed by atoms with E-state index in [2.05, 4.69) is 10.3 Å². The topological polar surface area (TPSA) is 59.4 Å². The van der Waals surface area contributed by atoms with Crippen molar-refractivity contribution in [2.45, 2.75) is 18.0 Å². The number of urea groups is 1. The number of likely N-dealkylation sites (tertiary alicyclic amines) is 1. The van der Waals surface area contributed by atoms with Crippen LogP contribution >= 0.6 is 11.8 Å². The van der Waals surface area contributed by atoms with E-state index < -0.39 is 0 Å². The minimum Gasteiger partial charge on any atom is -0.383 e. The predicted octanol–water partition coefficient (Wildman–Crippen LogP) is 1.58. The van der Waals surface area contributed by atoms with E-state index in [1.165, 1.54) is 0 Å². The molecule has 0 bridgehead atoms. The number of hydrogen-bond acceptors (Lipinski definition) is 4. The molecule has 1 aromatic rings. The van der Waals surface area contributed by atoms with Crippen LogP contribution in [0.2, 0.25) is 0 Å². The van der Waals surface area contributed by atoms with Crippen LogP contribution in [0.1, 0.15) is 12.8 Å². The molecule has 2 rings (SSSR count). The molecule has 1 fully saturated rings. The standard InChI is InChI=1S/C14H24N4O2S/c1-17-9-5-16-14(17)21-11-12-3-7-18(8-4-12)13(19)15-6-10-20-2/h5,9,12H,3-4,6-8,10-11H2,1-2H3,(H,15,19). The van der Waals surface area contributed by atoms with Crippen molar-refractivity contribution in [2.24, 2.45) is 13.0 Å². The van der Waals surface area contributed by atoms with Crippen molar-refractivity contribution in [2.75, 3.05) is 39.1 Å². The maximum absolute atomic E-state index is 11.9. The van der Waals surface area contributed by atoms with E-state index in [0.29, 0.717) is 19.1 Å². The van der Waals surface area contributed by atoms with Crippen LogP contribution in [0.3, 0.4) is 0 Å². The zero-order valence-electron chi connectivity index (χ0n) is 12.7. The third kappa shape index (κ3) is 4.93. The maximum Gasteiger partial charge on any atom is 0.317 e. The molecule has 1 aromatic heterocycles. The summed E-state index contributed by atoms with van der Waals surface area (Å²) < 4.78 is 6.97. The molecule has 118 valence electrons. The lowest BCUT2D eigenvalue weighted by atomic mass is 9.99. The number of nitrogens with zero attached hydrogens (tertiary/aromatic N) is 3. The number of aryl methyl sites for hydroxylation is 1. The van der Waals surface area contributed by atoms with E-state index >= 15 is 0 Å². The number of nitrogens with one attached hydrogen (secondary N) is 1. The van der Waals surface area contributed by atoms with Gasteiger partial charge in [-0.3, -0.25) is 0 Å². The predicted molar refractivity (Wildman–Crippen MR) is 83.5 cm³/mol. The Bertz CT molecular complexity index is 444. The van der Waals surface area contributed by atoms with Crippen LogP contribution in [0.5, 0.6) is 0 Å². The summed E-state index contributed by atoms with van der Waals surface area (Å²) >= 11 is 1.80. The molecule has 1 N–H and O–H groups in total. The molecule has 0 spiro atoms. The molecule has 1 saturated heterocycles. The van der Waals surface area contributed by atoms with Gasteiger partial charge >= 0.3 is 6.03 Å². The Balaban J connectivity index is 1.66. The van der Waals surface area contributed by atoms with Gasteiger partial charge in [-0.25, -0.2) is 9.78 Å². The number of amides is 2. The Morgan fingerprint density at radius 1 is 1.52 bits per heavy atom. The zero-order valence-corrected chi connectivity index (χ0v) is 13.6. The van der Waals surface area contributed by atoms with Crippen LogP contribution in [0, 0.1) is 5.92 Å². The van der Waals surface area contributed by atoms with Gasteiger partial charge in [0.15, 0.2) is 5.16 Å². The molecule has 1 aliphatic rings. The molecule has 6 nitrogen and oxygen atoms in total. The Hall–Kier alpha value is -1.21. The van der Waals surface area contributed by atoms with Crippen LogP contribution < -0.4 is 5.32 Å². The lowest BCUT2D eigenvalue weighted by Gasteiger charge is -2.31. The molecular formula is C14H24N4O2S. The van der Waals surface area contributed by atoms with Crippen LogP contribution in [-0.4, -0.2) is 59.6 Å². The van der Waals surface area contributed by atoms with E-state index in [-0.39, 0.29) is 6.03 Å². The second-order valence-electron chi connectivity index (χ2n) is 5.29. The monoisotopic (exact) mass is 312 g/mol. The quantitative estimate of drug-likeness (QED) is 0.640. The molecule has 0 atom stereocenters. The summed E-state index contributed by atoms with van der Waals surface area (Å²) in [6, 6.07) is 0.0299. The van der Waals surface area contributed by atoms with Crippen molar-refractivity contribution in [1.29, 1.82) is 0 Å². The smallest absolute Gasteiger partial charge is 0.317 e. The van der Waals surface area contributed by atoms with Gasteiger partial charge in [0.1, 0.15) is 0 Å². The fourth-order valence-corrected chi connectivity index (χ4v) is 3.48. The maximum atomic E-state index is 11.9. The molecule has 0 saturated carbocycles. The first kappa shape index (κ1) is 16.2. The molecule has 0 aliphatic carbocycles. The van der Waals surface area contributed by atoms with Gasteiger partial charge < -0.3 is 19.5 Å². The van der Waals surface area contributed by atoms with E-state index in [0.717, 1.165) is 36.8 Å². The number of carbonyl (C=O) groups excluding carboxylic acids is 1. The minimum atomic E-state index is 0.0299. The van der Waals surface area contributed by atoms with Gasteiger partial charge in [0.2, 0.25) is 0 Å². The normalized spacial score (nSPS) is 16.2. The largest absolute Gasteiger partial charge is 0.383 e. The molecule has 1 aliphatic heterocycles. The van der Waals surface area contributed by atoms with Gasteiger partial charge in [0, 0.05) is 51.9 Å². The van der Waals surface area contributed by atoms with Crippen LogP contribution in [0.15, 0.2) is 17.6 Å². The number of hydrogen-bond donors (Lipinski definition) is 1. The lowest BCUT2D eigenvalue weighted by molar-refractivity contribution is 0.164. The van der Waals surface area contributed by atoms with Crippen LogP contribution in [0.25, 0.3) is 0 Å². The van der Waals surface area contributed by atoms with Crippen molar-refractivity contribution in [3.05, 3.63) is 12.4 Å². The summed E-state index contributed by atoms with van der Waals surface area (Å²) in [6.07, 6.45) is 5.93. The van der Waals surface area contributed by atoms with E-state index in [1.54, 1.807) is 18.9 Å². The fraction of sp³-hybridized carbons (Fsp3) is 0.714. The van der Waals surface area contributed by atoms with Crippen molar-refractivity contribution in [3.63, 3.8) is 0 Å². The van der Waals surface area contributed by atoms with Gasteiger partial charge in [0.05, 0.1) is 6.61 Å². The Kier molecular flexibility index (Phi) is 6.38. The first-order valence-electron chi connectivity index (χ1n) is 7.32. The van der Waals surface area contributed by atoms with Gasteiger partial charge in [-0.1, -0.05) is 11.8 Å². The number of piperidine rings is 1. The molecule has 0 radical (unpaired) electrons. The molecular weight excluding hydrogens is 288 g/mol. The Morgan fingerprint density at radius 3 is 2.90 bits per heavy atom. The number of carbonyl (C=O) groups is 1. The highest BCUT2D eigenvalue weighted by atomic mass is 32.2. The second kappa shape index (κ2) is 8.29. The van der Waals surface area contributed by atoms with Crippen molar-refractivity contribution < 1.29 is 9.53 Å². The van der Waals surface area contributed by atoms with Crippen LogP contribution in [-0.2, 0) is 11.8 Å². The average Bonchev–Trinajstić information content (AvgIpc) is 2.91. The van der Waals surface area contributed by atoms with Crippen LogP contribution in [0.4, 0.5) is 4.79 Å². The summed E-state index contributed by atoms with van der Waals surface area (Å²) in [7, 11) is 3.65. The fourth-order valence-electron chi connectivity index (χ4n) is 2.36. The van der Waals surface area contributed by atoms with E-state index in [9.17, 15) is 4.79 Å². The third-order valence-corrected chi connectivity index (χ3v) is 5.00. The zero-order chi connectivity index (χ0) is 15.1.